The Labute approximate surface area is 167 Å². The number of hydrazone groups is 1. The molecule has 0 radical (unpaired) electrons. The van der Waals surface area contributed by atoms with Crippen molar-refractivity contribution in [3.63, 3.8) is 0 Å². The quantitative estimate of drug-likeness (QED) is 0.489. The van der Waals surface area contributed by atoms with Crippen LogP contribution < -0.4 is 10.7 Å². The van der Waals surface area contributed by atoms with Crippen molar-refractivity contribution in [2.75, 3.05) is 5.32 Å². The molecule has 0 saturated carbocycles. The normalized spacial score (nSPS) is 10.8. The summed E-state index contributed by atoms with van der Waals surface area (Å²) in [5.74, 6) is -0.489. The van der Waals surface area contributed by atoms with E-state index in [0.717, 1.165) is 22.6 Å². The third-order valence-electron chi connectivity index (χ3n) is 3.96. The molecular weight excluding hydrogens is 372 g/mol. The molecule has 3 aromatic rings. The van der Waals surface area contributed by atoms with Crippen molar-refractivity contribution >= 4 is 35.1 Å². The summed E-state index contributed by atoms with van der Waals surface area (Å²) in [6.45, 7) is 3.56. The molecule has 0 unspecified atom stereocenters. The zero-order valence-corrected chi connectivity index (χ0v) is 16.4. The van der Waals surface area contributed by atoms with Gasteiger partial charge in [0.1, 0.15) is 10.7 Å². The van der Waals surface area contributed by atoms with Gasteiger partial charge < -0.3 is 5.32 Å². The van der Waals surface area contributed by atoms with Gasteiger partial charge in [-0.2, -0.15) is 5.10 Å². The summed E-state index contributed by atoms with van der Waals surface area (Å²) < 4.78 is 0. The van der Waals surface area contributed by atoms with E-state index < -0.39 is 0 Å². The average molecular weight is 392 g/mol. The van der Waals surface area contributed by atoms with Gasteiger partial charge in [-0.3, -0.25) is 9.59 Å². The van der Waals surface area contributed by atoms with Gasteiger partial charge in [-0.25, -0.2) is 10.4 Å². The highest BCUT2D eigenvalue weighted by molar-refractivity contribution is 7.13. The van der Waals surface area contributed by atoms with Crippen LogP contribution >= 0.6 is 11.3 Å². The summed E-state index contributed by atoms with van der Waals surface area (Å²) in [4.78, 5) is 27.6. The highest BCUT2D eigenvalue weighted by Gasteiger charge is 2.11. The number of nitrogens with zero attached hydrogens (tertiary/aromatic N) is 2. The molecule has 0 bridgehead atoms. The molecule has 1 heterocycles. The Bertz CT molecular complexity index is 992. The van der Waals surface area contributed by atoms with Crippen molar-refractivity contribution in [1.82, 2.24) is 10.4 Å². The number of carbonyl (C=O) groups excluding carboxylic acids is 2. The summed E-state index contributed by atoms with van der Waals surface area (Å²) >= 11 is 1.42. The van der Waals surface area contributed by atoms with E-state index in [-0.39, 0.29) is 11.8 Å². The molecule has 0 atom stereocenters. The smallest absolute Gasteiger partial charge is 0.290 e. The monoisotopic (exact) mass is 392 g/mol. The third-order valence-corrected chi connectivity index (χ3v) is 4.85. The van der Waals surface area contributed by atoms with Crippen molar-refractivity contribution < 1.29 is 9.59 Å². The number of aromatic nitrogens is 1. The molecule has 2 aromatic carbocycles. The van der Waals surface area contributed by atoms with Crippen LogP contribution in [0.5, 0.6) is 0 Å². The summed E-state index contributed by atoms with van der Waals surface area (Å²) in [5, 5.41) is 9.17. The minimum absolute atomic E-state index is 0.127. The van der Waals surface area contributed by atoms with E-state index in [1.54, 1.807) is 29.6 Å². The SMILES string of the molecule is CCc1ccc(-c2nc(C(=O)N/N=C\c3ccc(NC(C)=O)cc3)cs2)cc1. The fourth-order valence-corrected chi connectivity index (χ4v) is 3.28. The van der Waals surface area contributed by atoms with E-state index in [9.17, 15) is 9.59 Å². The zero-order valence-electron chi connectivity index (χ0n) is 15.6. The Morgan fingerprint density at radius 2 is 1.82 bits per heavy atom. The summed E-state index contributed by atoms with van der Waals surface area (Å²) in [6.07, 6.45) is 2.52. The fourth-order valence-electron chi connectivity index (χ4n) is 2.47. The molecule has 3 rings (SSSR count). The van der Waals surface area contributed by atoms with Gasteiger partial charge in [-0.1, -0.05) is 43.3 Å². The van der Waals surface area contributed by atoms with Crippen LogP contribution in [-0.2, 0) is 11.2 Å². The lowest BCUT2D eigenvalue weighted by Gasteiger charge is -2.01. The molecule has 28 heavy (non-hydrogen) atoms. The number of carbonyl (C=O) groups is 2. The molecule has 6 nitrogen and oxygen atoms in total. The standard InChI is InChI=1S/C21H20N4O2S/c1-3-15-4-8-17(9-5-15)21-24-19(13-28-21)20(27)25-22-12-16-6-10-18(11-7-16)23-14(2)26/h4-13H,3H2,1-2H3,(H,23,26)(H,25,27)/b22-12-. The molecule has 0 aliphatic heterocycles. The summed E-state index contributed by atoms with van der Waals surface area (Å²) in [7, 11) is 0. The third kappa shape index (κ3) is 5.11. The lowest BCUT2D eigenvalue weighted by molar-refractivity contribution is -0.114. The molecule has 142 valence electrons. The topological polar surface area (TPSA) is 83.4 Å². The minimum atomic E-state index is -0.362. The van der Waals surface area contributed by atoms with Crippen molar-refractivity contribution in [2.24, 2.45) is 5.10 Å². The van der Waals surface area contributed by atoms with Crippen LogP contribution in [0.25, 0.3) is 10.6 Å². The molecule has 0 saturated heterocycles. The van der Waals surface area contributed by atoms with Crippen molar-refractivity contribution in [2.45, 2.75) is 20.3 Å². The largest absolute Gasteiger partial charge is 0.326 e. The molecule has 0 spiro atoms. The van der Waals surface area contributed by atoms with Crippen LogP contribution in [0, 0.1) is 0 Å². The highest BCUT2D eigenvalue weighted by atomic mass is 32.1. The number of hydrogen-bond acceptors (Lipinski definition) is 5. The number of benzene rings is 2. The highest BCUT2D eigenvalue weighted by Crippen LogP contribution is 2.24. The molecule has 0 aliphatic rings. The number of rotatable bonds is 6. The second kappa shape index (κ2) is 9.05. The van der Waals surface area contributed by atoms with Crippen molar-refractivity contribution in [3.8, 4) is 10.6 Å². The van der Waals surface area contributed by atoms with Crippen LogP contribution in [-0.4, -0.2) is 23.0 Å². The molecule has 1 aromatic heterocycles. The number of amides is 2. The summed E-state index contributed by atoms with van der Waals surface area (Å²) in [6, 6.07) is 15.3. The number of anilines is 1. The van der Waals surface area contributed by atoms with E-state index in [2.05, 4.69) is 39.9 Å². The number of aryl methyl sites for hydroxylation is 1. The second-order valence-electron chi connectivity index (χ2n) is 6.09. The van der Waals surface area contributed by atoms with Crippen molar-refractivity contribution in [3.05, 3.63) is 70.7 Å². The van der Waals surface area contributed by atoms with Gasteiger partial charge in [0, 0.05) is 23.6 Å². The first kappa shape index (κ1) is 19.4. The Hall–Kier alpha value is -3.32. The van der Waals surface area contributed by atoms with Crippen LogP contribution in [0.2, 0.25) is 0 Å². The van der Waals surface area contributed by atoms with E-state index in [4.69, 9.17) is 0 Å². The van der Waals surface area contributed by atoms with E-state index in [1.165, 1.54) is 30.0 Å². The molecule has 2 amide bonds. The van der Waals surface area contributed by atoms with Gasteiger partial charge in [0.2, 0.25) is 5.91 Å². The first-order valence-corrected chi connectivity index (χ1v) is 9.69. The first-order valence-electron chi connectivity index (χ1n) is 8.81. The summed E-state index contributed by atoms with van der Waals surface area (Å²) in [5.41, 5.74) is 6.57. The number of nitrogens with one attached hydrogen (secondary N) is 2. The maximum atomic E-state index is 12.2. The lowest BCUT2D eigenvalue weighted by atomic mass is 10.1. The van der Waals surface area contributed by atoms with Gasteiger partial charge >= 0.3 is 0 Å². The maximum Gasteiger partial charge on any atom is 0.290 e. The number of thiazole rings is 1. The Balaban J connectivity index is 1.59. The predicted molar refractivity (Wildman–Crippen MR) is 113 cm³/mol. The van der Waals surface area contributed by atoms with E-state index in [1.807, 2.05) is 12.1 Å². The molecule has 7 heteroatoms. The molecular formula is C21H20N4O2S. The fraction of sp³-hybridized carbons (Fsp3) is 0.143. The van der Waals surface area contributed by atoms with Crippen LogP contribution in [0.3, 0.4) is 0 Å². The van der Waals surface area contributed by atoms with Gasteiger partial charge in [-0.15, -0.1) is 11.3 Å². The minimum Gasteiger partial charge on any atom is -0.326 e. The van der Waals surface area contributed by atoms with Crippen LogP contribution in [0.4, 0.5) is 5.69 Å². The molecule has 2 N–H and O–H groups in total. The van der Waals surface area contributed by atoms with Crippen LogP contribution in [0.15, 0.2) is 59.0 Å². The lowest BCUT2D eigenvalue weighted by Crippen LogP contribution is -2.17. The molecule has 0 aliphatic carbocycles. The van der Waals surface area contributed by atoms with E-state index in [0.29, 0.717) is 11.4 Å². The predicted octanol–water partition coefficient (Wildman–Crippen LogP) is 4.09. The van der Waals surface area contributed by atoms with Gasteiger partial charge in [0.05, 0.1) is 6.21 Å². The van der Waals surface area contributed by atoms with E-state index >= 15 is 0 Å². The zero-order chi connectivity index (χ0) is 19.9. The van der Waals surface area contributed by atoms with Crippen molar-refractivity contribution in [1.29, 1.82) is 0 Å². The Morgan fingerprint density at radius 1 is 1.11 bits per heavy atom. The second-order valence-corrected chi connectivity index (χ2v) is 6.95. The van der Waals surface area contributed by atoms with Gasteiger partial charge in [0.25, 0.3) is 5.91 Å². The Kier molecular flexibility index (Phi) is 6.29. The average Bonchev–Trinajstić information content (AvgIpc) is 3.19. The molecule has 0 fully saturated rings. The first-order chi connectivity index (χ1) is 13.5. The number of hydrogen-bond donors (Lipinski definition) is 2. The van der Waals surface area contributed by atoms with Gasteiger partial charge in [0.15, 0.2) is 0 Å². The maximum absolute atomic E-state index is 12.2. The van der Waals surface area contributed by atoms with Gasteiger partial charge in [-0.05, 0) is 29.7 Å². The van der Waals surface area contributed by atoms with Crippen LogP contribution in [0.1, 0.15) is 35.5 Å². The Morgan fingerprint density at radius 3 is 2.46 bits per heavy atom.